The lowest BCUT2D eigenvalue weighted by Crippen LogP contribution is -2.40. The maximum absolute atomic E-state index is 5.77. The van der Waals surface area contributed by atoms with E-state index in [-0.39, 0.29) is 30.0 Å². The average molecular weight is 535 g/mol. The third-order valence-corrected chi connectivity index (χ3v) is 4.70. The Morgan fingerprint density at radius 2 is 2.00 bits per heavy atom. The monoisotopic (exact) mass is 535 g/mol. The van der Waals surface area contributed by atoms with E-state index in [0.29, 0.717) is 19.8 Å². The lowest BCUT2D eigenvalue weighted by Gasteiger charge is -2.19. The summed E-state index contributed by atoms with van der Waals surface area (Å²) in [5, 5.41) is 11.0. The number of nitrogens with one attached hydrogen (secondary N) is 2. The van der Waals surface area contributed by atoms with Gasteiger partial charge in [-0.1, -0.05) is 30.3 Å². The van der Waals surface area contributed by atoms with Crippen molar-refractivity contribution in [3.63, 3.8) is 0 Å². The normalized spacial score (nSPS) is 12.0. The Balaban J connectivity index is 0.00000341. The van der Waals surface area contributed by atoms with Gasteiger partial charge in [0.2, 0.25) is 0 Å². The number of hydrogen-bond donors (Lipinski definition) is 2. The molecule has 31 heavy (non-hydrogen) atoms. The molecule has 0 saturated heterocycles. The molecule has 1 atom stereocenters. The molecule has 3 rings (SSSR count). The molecule has 0 spiro atoms. The number of rotatable bonds is 9. The number of halogens is 1. The molecular formula is C23H30IN5O2. The highest BCUT2D eigenvalue weighted by Crippen LogP contribution is 2.18. The van der Waals surface area contributed by atoms with Crippen LogP contribution >= 0.6 is 24.0 Å². The van der Waals surface area contributed by atoms with Crippen LogP contribution in [-0.2, 0) is 11.3 Å². The maximum Gasteiger partial charge on any atom is 0.191 e. The van der Waals surface area contributed by atoms with Gasteiger partial charge in [-0.15, -0.1) is 24.0 Å². The number of methoxy groups -OCH3 is 1. The molecule has 0 radical (unpaired) electrons. The van der Waals surface area contributed by atoms with E-state index in [1.807, 2.05) is 53.3 Å². The predicted octanol–water partition coefficient (Wildman–Crippen LogP) is 3.94. The van der Waals surface area contributed by atoms with E-state index in [0.717, 1.165) is 28.5 Å². The van der Waals surface area contributed by atoms with Crippen LogP contribution in [0, 0.1) is 0 Å². The molecule has 1 heterocycles. The molecule has 1 aromatic heterocycles. The highest BCUT2D eigenvalue weighted by molar-refractivity contribution is 14.0. The van der Waals surface area contributed by atoms with Gasteiger partial charge in [0, 0.05) is 31.5 Å². The van der Waals surface area contributed by atoms with Crippen molar-refractivity contribution in [2.45, 2.75) is 19.6 Å². The highest BCUT2D eigenvalue weighted by atomic mass is 127. The number of para-hydroxylation sites is 1. The van der Waals surface area contributed by atoms with E-state index in [4.69, 9.17) is 9.47 Å². The van der Waals surface area contributed by atoms with E-state index in [2.05, 4.69) is 39.8 Å². The molecule has 7 nitrogen and oxygen atoms in total. The van der Waals surface area contributed by atoms with Crippen LogP contribution in [0.3, 0.4) is 0 Å². The van der Waals surface area contributed by atoms with Crippen LogP contribution in [0.5, 0.6) is 5.75 Å². The quantitative estimate of drug-likeness (QED) is 0.188. The topological polar surface area (TPSA) is 72.7 Å². The van der Waals surface area contributed by atoms with Crippen molar-refractivity contribution in [1.82, 2.24) is 20.4 Å². The van der Waals surface area contributed by atoms with Crippen LogP contribution < -0.4 is 15.4 Å². The molecule has 8 heteroatoms. The Kier molecular flexibility index (Phi) is 10.3. The van der Waals surface area contributed by atoms with Gasteiger partial charge in [-0.3, -0.25) is 4.99 Å². The fourth-order valence-corrected chi connectivity index (χ4v) is 3.09. The number of ether oxygens (including phenoxy) is 2. The Labute approximate surface area is 200 Å². The molecule has 0 bridgehead atoms. The molecule has 0 saturated carbocycles. The summed E-state index contributed by atoms with van der Waals surface area (Å²) >= 11 is 0. The zero-order chi connectivity index (χ0) is 21.2. The van der Waals surface area contributed by atoms with Crippen molar-refractivity contribution >= 4 is 29.9 Å². The average Bonchev–Trinajstić information content (AvgIpc) is 3.33. The Morgan fingerprint density at radius 1 is 1.16 bits per heavy atom. The van der Waals surface area contributed by atoms with Gasteiger partial charge < -0.3 is 20.1 Å². The second-order valence-electron chi connectivity index (χ2n) is 6.78. The lowest BCUT2D eigenvalue weighted by molar-refractivity contribution is 0.123. The first-order chi connectivity index (χ1) is 14.7. The third kappa shape index (κ3) is 7.25. The molecular weight excluding hydrogens is 505 g/mol. The van der Waals surface area contributed by atoms with Gasteiger partial charge in [-0.05, 0) is 36.8 Å². The molecule has 166 valence electrons. The maximum atomic E-state index is 5.77. The summed E-state index contributed by atoms with van der Waals surface area (Å²) in [7, 11) is 3.43. The number of benzene rings is 2. The Bertz CT molecular complexity index is 947. The van der Waals surface area contributed by atoms with Crippen molar-refractivity contribution in [2.24, 2.45) is 4.99 Å². The lowest BCUT2D eigenvalue weighted by atomic mass is 10.1. The Hall–Kier alpha value is -2.59. The molecule has 2 aromatic carbocycles. The van der Waals surface area contributed by atoms with E-state index < -0.39 is 0 Å². The summed E-state index contributed by atoms with van der Waals surface area (Å²) in [6, 6.07) is 18.2. The molecule has 0 aliphatic carbocycles. The Morgan fingerprint density at radius 3 is 2.74 bits per heavy atom. The van der Waals surface area contributed by atoms with E-state index >= 15 is 0 Å². The van der Waals surface area contributed by atoms with Crippen LogP contribution in [0.25, 0.3) is 5.69 Å². The molecule has 3 aromatic rings. The van der Waals surface area contributed by atoms with Gasteiger partial charge in [-0.25, -0.2) is 4.68 Å². The first kappa shape index (κ1) is 24.7. The zero-order valence-electron chi connectivity index (χ0n) is 18.1. The SMILES string of the molecule is CN=C(NCCOCc1ccccc1OC)NC(C)c1cccc(-n2cccn2)c1.I. The van der Waals surface area contributed by atoms with Crippen LogP contribution in [0.4, 0.5) is 0 Å². The summed E-state index contributed by atoms with van der Waals surface area (Å²) in [5.41, 5.74) is 3.21. The van der Waals surface area contributed by atoms with Crippen molar-refractivity contribution < 1.29 is 9.47 Å². The second-order valence-corrected chi connectivity index (χ2v) is 6.78. The summed E-state index contributed by atoms with van der Waals surface area (Å²) < 4.78 is 13.0. The minimum Gasteiger partial charge on any atom is -0.496 e. The van der Waals surface area contributed by atoms with Gasteiger partial charge in [0.1, 0.15) is 5.75 Å². The van der Waals surface area contributed by atoms with Gasteiger partial charge in [0.15, 0.2) is 5.96 Å². The van der Waals surface area contributed by atoms with Crippen LogP contribution in [0.15, 0.2) is 72.0 Å². The van der Waals surface area contributed by atoms with Crippen molar-refractivity contribution in [3.8, 4) is 11.4 Å². The van der Waals surface area contributed by atoms with Gasteiger partial charge in [-0.2, -0.15) is 5.10 Å². The first-order valence-corrected chi connectivity index (χ1v) is 9.98. The van der Waals surface area contributed by atoms with Crippen LogP contribution in [0.2, 0.25) is 0 Å². The molecule has 0 amide bonds. The molecule has 2 N–H and O–H groups in total. The molecule has 0 aliphatic heterocycles. The summed E-state index contributed by atoms with van der Waals surface area (Å²) in [5.74, 6) is 1.57. The standard InChI is InChI=1S/C23H29N5O2.HI/c1-18(19-9-6-10-21(16-19)28-14-7-12-26-28)27-23(24-2)25-13-15-30-17-20-8-4-5-11-22(20)29-3;/h4-12,14,16,18H,13,15,17H2,1-3H3,(H2,24,25,27);1H. The molecule has 0 aliphatic rings. The van der Waals surface area contributed by atoms with Gasteiger partial charge >= 0.3 is 0 Å². The van der Waals surface area contributed by atoms with Crippen molar-refractivity contribution in [1.29, 1.82) is 0 Å². The number of guanidine groups is 1. The van der Waals surface area contributed by atoms with Crippen LogP contribution in [-0.4, -0.2) is 43.0 Å². The fraction of sp³-hybridized carbons (Fsp3) is 0.304. The minimum atomic E-state index is 0. The predicted molar refractivity (Wildman–Crippen MR) is 135 cm³/mol. The smallest absolute Gasteiger partial charge is 0.191 e. The highest BCUT2D eigenvalue weighted by Gasteiger charge is 2.09. The van der Waals surface area contributed by atoms with Crippen molar-refractivity contribution in [2.75, 3.05) is 27.3 Å². The number of aromatic nitrogens is 2. The van der Waals surface area contributed by atoms with Crippen LogP contribution in [0.1, 0.15) is 24.1 Å². The zero-order valence-corrected chi connectivity index (χ0v) is 20.4. The second kappa shape index (κ2) is 13.0. The van der Waals surface area contributed by atoms with E-state index in [9.17, 15) is 0 Å². The molecule has 0 fully saturated rings. The first-order valence-electron chi connectivity index (χ1n) is 9.98. The summed E-state index contributed by atoms with van der Waals surface area (Å²) in [4.78, 5) is 4.31. The summed E-state index contributed by atoms with van der Waals surface area (Å²) in [6.45, 7) is 3.82. The number of aliphatic imine (C=N–C) groups is 1. The van der Waals surface area contributed by atoms with Crippen molar-refractivity contribution in [3.05, 3.63) is 78.1 Å². The molecule has 1 unspecified atom stereocenters. The fourth-order valence-electron chi connectivity index (χ4n) is 3.09. The number of hydrogen-bond acceptors (Lipinski definition) is 4. The van der Waals surface area contributed by atoms with E-state index in [1.54, 1.807) is 20.4 Å². The largest absolute Gasteiger partial charge is 0.496 e. The van der Waals surface area contributed by atoms with Gasteiger partial charge in [0.25, 0.3) is 0 Å². The number of nitrogens with zero attached hydrogens (tertiary/aromatic N) is 3. The van der Waals surface area contributed by atoms with Gasteiger partial charge in [0.05, 0.1) is 32.1 Å². The minimum absolute atomic E-state index is 0. The third-order valence-electron chi connectivity index (χ3n) is 4.70. The van der Waals surface area contributed by atoms with E-state index in [1.165, 1.54) is 0 Å². The summed E-state index contributed by atoms with van der Waals surface area (Å²) in [6.07, 6.45) is 3.71.